The highest BCUT2D eigenvalue weighted by Gasteiger charge is 2.49. The van der Waals surface area contributed by atoms with E-state index in [1.165, 1.54) is 44.6 Å². The fourth-order valence-corrected chi connectivity index (χ4v) is 4.80. The standard InChI is InChI=1S/C17H22O4/c1-8-12-10-5-6-11(7-10)13(12)9(2)15(17(19)21-4)14(8)16(18)20-3/h8-11H,5-7H2,1-4H3/t8-,9+,10-,11-/m1/s1. The zero-order valence-electron chi connectivity index (χ0n) is 13.1. The van der Waals surface area contributed by atoms with Gasteiger partial charge in [-0.2, -0.15) is 0 Å². The van der Waals surface area contributed by atoms with Crippen LogP contribution in [0.15, 0.2) is 22.3 Å². The fraction of sp³-hybridized carbons (Fsp3) is 0.647. The molecule has 2 bridgehead atoms. The summed E-state index contributed by atoms with van der Waals surface area (Å²) in [5.74, 6) is 0.303. The number of hydrogen-bond donors (Lipinski definition) is 0. The summed E-state index contributed by atoms with van der Waals surface area (Å²) in [6.45, 7) is 4.05. The second-order valence-electron chi connectivity index (χ2n) is 6.37. The number of hydrogen-bond acceptors (Lipinski definition) is 4. The summed E-state index contributed by atoms with van der Waals surface area (Å²) in [6, 6.07) is 0. The third-order valence-corrected chi connectivity index (χ3v) is 5.55. The van der Waals surface area contributed by atoms with E-state index in [1.807, 2.05) is 13.8 Å². The molecule has 114 valence electrons. The normalized spacial score (nSPS) is 34.1. The Labute approximate surface area is 125 Å². The van der Waals surface area contributed by atoms with Crippen LogP contribution in [0.4, 0.5) is 0 Å². The summed E-state index contributed by atoms with van der Waals surface area (Å²) in [5.41, 5.74) is 3.80. The Bertz CT molecular complexity index is 521. The van der Waals surface area contributed by atoms with Crippen molar-refractivity contribution in [2.45, 2.75) is 33.1 Å². The highest BCUT2D eigenvalue weighted by molar-refractivity contribution is 6.02. The minimum Gasteiger partial charge on any atom is -0.466 e. The van der Waals surface area contributed by atoms with Gasteiger partial charge in [0.1, 0.15) is 0 Å². The molecular weight excluding hydrogens is 268 g/mol. The highest BCUT2D eigenvalue weighted by Crippen LogP contribution is 2.58. The summed E-state index contributed by atoms with van der Waals surface area (Å²) < 4.78 is 9.87. The van der Waals surface area contributed by atoms with Crippen LogP contribution >= 0.6 is 0 Å². The Morgan fingerprint density at radius 3 is 1.57 bits per heavy atom. The Hall–Kier alpha value is -1.58. The van der Waals surface area contributed by atoms with Crippen LogP contribution in [0.3, 0.4) is 0 Å². The van der Waals surface area contributed by atoms with Gasteiger partial charge >= 0.3 is 11.9 Å². The van der Waals surface area contributed by atoms with Gasteiger partial charge in [-0.05, 0) is 31.1 Å². The summed E-state index contributed by atoms with van der Waals surface area (Å²) in [6.07, 6.45) is 3.60. The van der Waals surface area contributed by atoms with E-state index >= 15 is 0 Å². The van der Waals surface area contributed by atoms with Crippen LogP contribution in [-0.2, 0) is 19.1 Å². The summed E-state index contributed by atoms with van der Waals surface area (Å²) in [5, 5.41) is 0. The van der Waals surface area contributed by atoms with Crippen LogP contribution < -0.4 is 0 Å². The molecule has 0 spiro atoms. The summed E-state index contributed by atoms with van der Waals surface area (Å²) in [4.78, 5) is 24.5. The summed E-state index contributed by atoms with van der Waals surface area (Å²) >= 11 is 0. The van der Waals surface area contributed by atoms with Gasteiger partial charge in [0, 0.05) is 11.8 Å². The minimum absolute atomic E-state index is 0.0342. The van der Waals surface area contributed by atoms with Crippen molar-refractivity contribution in [3.05, 3.63) is 22.3 Å². The first-order chi connectivity index (χ1) is 10.0. The minimum atomic E-state index is -0.399. The molecule has 4 heteroatoms. The number of allylic oxidation sites excluding steroid dienone is 2. The molecule has 0 unspecified atom stereocenters. The van der Waals surface area contributed by atoms with Gasteiger partial charge in [-0.1, -0.05) is 25.0 Å². The van der Waals surface area contributed by atoms with Crippen LogP contribution in [0.2, 0.25) is 0 Å². The first-order valence-corrected chi connectivity index (χ1v) is 7.65. The van der Waals surface area contributed by atoms with E-state index in [-0.39, 0.29) is 11.8 Å². The second kappa shape index (κ2) is 5.00. The molecule has 0 amide bonds. The molecule has 0 heterocycles. The lowest BCUT2D eigenvalue weighted by molar-refractivity contribution is -0.140. The van der Waals surface area contributed by atoms with E-state index in [2.05, 4.69) is 0 Å². The highest BCUT2D eigenvalue weighted by atomic mass is 16.5. The zero-order chi connectivity index (χ0) is 15.3. The van der Waals surface area contributed by atoms with Gasteiger partial charge in [-0.3, -0.25) is 0 Å². The number of carbonyl (C=O) groups excluding carboxylic acids is 2. The maximum atomic E-state index is 12.2. The maximum absolute atomic E-state index is 12.2. The van der Waals surface area contributed by atoms with Gasteiger partial charge < -0.3 is 9.47 Å². The zero-order valence-corrected chi connectivity index (χ0v) is 13.1. The molecule has 0 saturated heterocycles. The second-order valence-corrected chi connectivity index (χ2v) is 6.37. The van der Waals surface area contributed by atoms with Gasteiger partial charge in [-0.25, -0.2) is 9.59 Å². The number of fused-ring (bicyclic) bond motifs is 4. The molecule has 1 fully saturated rings. The Balaban J connectivity index is 2.13. The van der Waals surface area contributed by atoms with Gasteiger partial charge in [0.05, 0.1) is 25.4 Å². The number of rotatable bonds is 2. The van der Waals surface area contributed by atoms with Crippen molar-refractivity contribution in [1.29, 1.82) is 0 Å². The van der Waals surface area contributed by atoms with Crippen LogP contribution in [0.5, 0.6) is 0 Å². The molecule has 3 aliphatic rings. The molecule has 21 heavy (non-hydrogen) atoms. The molecular formula is C17H22O4. The van der Waals surface area contributed by atoms with Crippen molar-refractivity contribution in [3.8, 4) is 0 Å². The average molecular weight is 290 g/mol. The van der Waals surface area contributed by atoms with Crippen molar-refractivity contribution in [2.24, 2.45) is 23.7 Å². The number of esters is 2. The van der Waals surface area contributed by atoms with Gasteiger partial charge in [-0.15, -0.1) is 0 Å². The van der Waals surface area contributed by atoms with Crippen LogP contribution in [-0.4, -0.2) is 26.2 Å². The molecule has 0 aromatic rings. The lowest BCUT2D eigenvalue weighted by atomic mass is 9.69. The number of methoxy groups -OCH3 is 2. The Morgan fingerprint density at radius 2 is 1.24 bits per heavy atom. The predicted octanol–water partition coefficient (Wildman–Crippen LogP) is 2.64. The Kier molecular flexibility index (Phi) is 3.42. The summed E-state index contributed by atoms with van der Waals surface area (Å²) in [7, 11) is 2.73. The average Bonchev–Trinajstić information content (AvgIpc) is 3.10. The Morgan fingerprint density at radius 1 is 0.857 bits per heavy atom. The SMILES string of the molecule is COC(=O)C1=C(C(=O)OC)[C@H](C)C2=C([C@@H]3CC[C@@H]2C3)[C@@H]1C. The fourth-order valence-electron chi connectivity index (χ4n) is 4.80. The monoisotopic (exact) mass is 290 g/mol. The van der Waals surface area contributed by atoms with Crippen molar-refractivity contribution >= 4 is 11.9 Å². The maximum Gasteiger partial charge on any atom is 0.334 e. The lowest BCUT2D eigenvalue weighted by Gasteiger charge is -2.35. The predicted molar refractivity (Wildman–Crippen MR) is 77.2 cm³/mol. The first kappa shape index (κ1) is 14.4. The molecule has 3 aliphatic carbocycles. The van der Waals surface area contributed by atoms with Crippen molar-refractivity contribution < 1.29 is 19.1 Å². The molecule has 4 nitrogen and oxygen atoms in total. The van der Waals surface area contributed by atoms with E-state index < -0.39 is 11.9 Å². The molecule has 4 atom stereocenters. The molecule has 3 rings (SSSR count). The van der Waals surface area contributed by atoms with E-state index in [1.54, 1.807) is 0 Å². The van der Waals surface area contributed by atoms with Crippen LogP contribution in [0.25, 0.3) is 0 Å². The lowest BCUT2D eigenvalue weighted by Crippen LogP contribution is -2.31. The number of ether oxygens (including phenoxy) is 2. The smallest absolute Gasteiger partial charge is 0.334 e. The third-order valence-electron chi connectivity index (χ3n) is 5.55. The molecule has 1 saturated carbocycles. The van der Waals surface area contributed by atoms with E-state index in [0.717, 1.165) is 0 Å². The largest absolute Gasteiger partial charge is 0.466 e. The van der Waals surface area contributed by atoms with E-state index in [9.17, 15) is 9.59 Å². The molecule has 0 aromatic carbocycles. The van der Waals surface area contributed by atoms with Crippen LogP contribution in [0, 0.1) is 23.7 Å². The molecule has 0 aliphatic heterocycles. The van der Waals surface area contributed by atoms with Gasteiger partial charge in [0.2, 0.25) is 0 Å². The van der Waals surface area contributed by atoms with Crippen molar-refractivity contribution in [3.63, 3.8) is 0 Å². The van der Waals surface area contributed by atoms with Crippen molar-refractivity contribution in [1.82, 2.24) is 0 Å². The van der Waals surface area contributed by atoms with E-state index in [4.69, 9.17) is 9.47 Å². The van der Waals surface area contributed by atoms with E-state index in [0.29, 0.717) is 23.0 Å². The van der Waals surface area contributed by atoms with Crippen LogP contribution in [0.1, 0.15) is 33.1 Å². The van der Waals surface area contributed by atoms with Crippen molar-refractivity contribution in [2.75, 3.05) is 14.2 Å². The first-order valence-electron chi connectivity index (χ1n) is 7.65. The molecule has 0 radical (unpaired) electrons. The quantitative estimate of drug-likeness (QED) is 0.579. The topological polar surface area (TPSA) is 52.6 Å². The third kappa shape index (κ3) is 1.88. The van der Waals surface area contributed by atoms with Gasteiger partial charge in [0.25, 0.3) is 0 Å². The molecule has 0 aromatic heterocycles. The van der Waals surface area contributed by atoms with Gasteiger partial charge in [0.15, 0.2) is 0 Å². The number of carbonyl (C=O) groups is 2. The molecule has 0 N–H and O–H groups in total.